The van der Waals surface area contributed by atoms with Crippen molar-refractivity contribution in [3.8, 4) is 11.5 Å². The lowest BCUT2D eigenvalue weighted by atomic mass is 10.1. The first-order chi connectivity index (χ1) is 11.7. The van der Waals surface area contributed by atoms with Crippen LogP contribution in [0.5, 0.6) is 11.5 Å². The smallest absolute Gasteiger partial charge is 0.161 e. The van der Waals surface area contributed by atoms with E-state index < -0.39 is 0 Å². The van der Waals surface area contributed by atoms with E-state index in [1.54, 1.807) is 0 Å². The molecule has 1 unspecified atom stereocenters. The summed E-state index contributed by atoms with van der Waals surface area (Å²) in [6.45, 7) is 4.10. The Morgan fingerprint density at radius 2 is 1.92 bits per heavy atom. The average Bonchev–Trinajstić information content (AvgIpc) is 2.95. The third-order valence-electron chi connectivity index (χ3n) is 4.48. The number of aromatic nitrogens is 2. The van der Waals surface area contributed by atoms with E-state index in [4.69, 9.17) is 9.47 Å². The molecule has 0 saturated heterocycles. The van der Waals surface area contributed by atoms with Crippen molar-refractivity contribution in [2.45, 2.75) is 19.5 Å². The molecular weight excluding hydrogens is 302 g/mol. The van der Waals surface area contributed by atoms with Crippen LogP contribution in [0.3, 0.4) is 0 Å². The van der Waals surface area contributed by atoms with Gasteiger partial charge in [-0.1, -0.05) is 24.3 Å². The van der Waals surface area contributed by atoms with Crippen LogP contribution in [0.2, 0.25) is 0 Å². The van der Waals surface area contributed by atoms with E-state index in [1.165, 1.54) is 10.9 Å². The molecular formula is C19H21N3O2. The molecule has 0 spiro atoms. The van der Waals surface area contributed by atoms with Gasteiger partial charge in [0.25, 0.3) is 0 Å². The molecule has 1 aliphatic heterocycles. The molecule has 0 bridgehead atoms. The van der Waals surface area contributed by atoms with Gasteiger partial charge in [-0.15, -0.1) is 0 Å². The summed E-state index contributed by atoms with van der Waals surface area (Å²) in [5.74, 6) is 1.66. The van der Waals surface area contributed by atoms with Gasteiger partial charge in [0, 0.05) is 25.0 Å². The Morgan fingerprint density at radius 3 is 2.79 bits per heavy atom. The summed E-state index contributed by atoms with van der Waals surface area (Å²) in [7, 11) is 1.98. The quantitative estimate of drug-likeness (QED) is 0.801. The predicted molar refractivity (Wildman–Crippen MR) is 93.4 cm³/mol. The second-order valence-corrected chi connectivity index (χ2v) is 6.09. The van der Waals surface area contributed by atoms with Gasteiger partial charge in [-0.2, -0.15) is 5.10 Å². The molecule has 24 heavy (non-hydrogen) atoms. The fraction of sp³-hybridized carbons (Fsp3) is 0.316. The largest absolute Gasteiger partial charge is 0.486 e. The monoisotopic (exact) mass is 323 g/mol. The van der Waals surface area contributed by atoms with Gasteiger partial charge in [0.15, 0.2) is 11.5 Å². The molecule has 1 aliphatic rings. The minimum Gasteiger partial charge on any atom is -0.486 e. The number of nitrogens with one attached hydrogen (secondary N) is 1. The minimum atomic E-state index is 0.196. The van der Waals surface area contributed by atoms with Crippen LogP contribution in [0.1, 0.15) is 24.2 Å². The Balaban J connectivity index is 1.51. The van der Waals surface area contributed by atoms with Crippen LogP contribution < -0.4 is 14.8 Å². The average molecular weight is 323 g/mol. The fourth-order valence-corrected chi connectivity index (χ4v) is 3.12. The van der Waals surface area contributed by atoms with E-state index in [9.17, 15) is 0 Å². The van der Waals surface area contributed by atoms with E-state index in [1.807, 2.05) is 23.9 Å². The number of nitrogens with zero attached hydrogens (tertiary/aromatic N) is 2. The first-order valence-electron chi connectivity index (χ1n) is 8.26. The second-order valence-electron chi connectivity index (χ2n) is 6.09. The van der Waals surface area contributed by atoms with Crippen LogP contribution >= 0.6 is 0 Å². The van der Waals surface area contributed by atoms with Crippen LogP contribution in [0, 0.1) is 0 Å². The Morgan fingerprint density at radius 1 is 1.12 bits per heavy atom. The molecule has 0 radical (unpaired) electrons. The van der Waals surface area contributed by atoms with Gasteiger partial charge in [-0.3, -0.25) is 4.68 Å². The predicted octanol–water partition coefficient (Wildman–Crippen LogP) is 3.20. The molecule has 3 aromatic rings. The molecule has 0 amide bonds. The highest BCUT2D eigenvalue weighted by atomic mass is 16.6. The third kappa shape index (κ3) is 2.71. The Hall–Kier alpha value is -2.53. The van der Waals surface area contributed by atoms with Gasteiger partial charge in [0.2, 0.25) is 0 Å². The summed E-state index contributed by atoms with van der Waals surface area (Å²) in [5.41, 5.74) is 3.40. The van der Waals surface area contributed by atoms with E-state index >= 15 is 0 Å². The van der Waals surface area contributed by atoms with Crippen LogP contribution in [-0.4, -0.2) is 23.0 Å². The van der Waals surface area contributed by atoms with Gasteiger partial charge in [-0.05, 0) is 30.7 Å². The standard InChI is InChI=1S/C19H21N3O2/c1-13(14-7-8-18-19(11-14)24-10-9-23-18)20-12-16-15-5-3-4-6-17(15)22(2)21-16/h3-8,11,13,20H,9-10,12H2,1-2H3. The molecule has 2 heterocycles. The zero-order valence-corrected chi connectivity index (χ0v) is 14.0. The van der Waals surface area contributed by atoms with Crippen molar-refractivity contribution in [1.29, 1.82) is 0 Å². The van der Waals surface area contributed by atoms with Crippen molar-refractivity contribution in [2.75, 3.05) is 13.2 Å². The fourth-order valence-electron chi connectivity index (χ4n) is 3.12. The lowest BCUT2D eigenvalue weighted by Crippen LogP contribution is -2.20. The van der Waals surface area contributed by atoms with Crippen LogP contribution in [0.15, 0.2) is 42.5 Å². The van der Waals surface area contributed by atoms with Crippen molar-refractivity contribution in [2.24, 2.45) is 7.05 Å². The summed E-state index contributed by atoms with van der Waals surface area (Å²) in [4.78, 5) is 0. The number of aryl methyl sites for hydroxylation is 1. The van der Waals surface area contributed by atoms with E-state index in [-0.39, 0.29) is 6.04 Å². The first kappa shape index (κ1) is 15.0. The minimum absolute atomic E-state index is 0.196. The van der Waals surface area contributed by atoms with E-state index in [0.29, 0.717) is 13.2 Å². The van der Waals surface area contributed by atoms with Crippen molar-refractivity contribution in [3.05, 3.63) is 53.7 Å². The maximum absolute atomic E-state index is 5.67. The highest BCUT2D eigenvalue weighted by Gasteiger charge is 2.15. The Labute approximate surface area is 141 Å². The van der Waals surface area contributed by atoms with Crippen LogP contribution in [0.25, 0.3) is 10.9 Å². The lowest BCUT2D eigenvalue weighted by Gasteiger charge is -2.21. The summed E-state index contributed by atoms with van der Waals surface area (Å²) >= 11 is 0. The van der Waals surface area contributed by atoms with Gasteiger partial charge < -0.3 is 14.8 Å². The van der Waals surface area contributed by atoms with Crippen LogP contribution in [0.4, 0.5) is 0 Å². The highest BCUT2D eigenvalue weighted by molar-refractivity contribution is 5.81. The maximum atomic E-state index is 5.67. The molecule has 0 saturated carbocycles. The molecule has 1 atom stereocenters. The van der Waals surface area contributed by atoms with Gasteiger partial charge in [-0.25, -0.2) is 0 Å². The molecule has 2 aromatic carbocycles. The van der Waals surface area contributed by atoms with Crippen molar-refractivity contribution in [3.63, 3.8) is 0 Å². The normalized spacial score (nSPS) is 14.8. The zero-order chi connectivity index (χ0) is 16.5. The third-order valence-corrected chi connectivity index (χ3v) is 4.48. The zero-order valence-electron chi connectivity index (χ0n) is 14.0. The SMILES string of the molecule is CC(NCc1nn(C)c2ccccc12)c1ccc2c(c1)OCCO2. The number of rotatable bonds is 4. The van der Waals surface area contributed by atoms with Gasteiger partial charge in [0.1, 0.15) is 13.2 Å². The molecule has 0 fully saturated rings. The van der Waals surface area contributed by atoms with Crippen molar-refractivity contribution < 1.29 is 9.47 Å². The molecule has 1 aromatic heterocycles. The van der Waals surface area contributed by atoms with Gasteiger partial charge in [0.05, 0.1) is 11.2 Å². The molecule has 4 rings (SSSR count). The van der Waals surface area contributed by atoms with Crippen LogP contribution in [-0.2, 0) is 13.6 Å². The maximum Gasteiger partial charge on any atom is 0.161 e. The van der Waals surface area contributed by atoms with E-state index in [2.05, 4.69) is 47.7 Å². The molecule has 1 N–H and O–H groups in total. The topological polar surface area (TPSA) is 48.3 Å². The Bertz CT molecular complexity index is 872. The first-order valence-corrected chi connectivity index (χ1v) is 8.26. The van der Waals surface area contributed by atoms with Crippen molar-refractivity contribution in [1.82, 2.24) is 15.1 Å². The van der Waals surface area contributed by atoms with Gasteiger partial charge >= 0.3 is 0 Å². The number of hydrogen-bond acceptors (Lipinski definition) is 4. The molecule has 5 nitrogen and oxygen atoms in total. The molecule has 5 heteroatoms. The number of ether oxygens (including phenoxy) is 2. The van der Waals surface area contributed by atoms with Crippen molar-refractivity contribution >= 4 is 10.9 Å². The summed E-state index contributed by atoms with van der Waals surface area (Å²) in [6, 6.07) is 14.6. The summed E-state index contributed by atoms with van der Waals surface area (Å²) in [6.07, 6.45) is 0. The Kier molecular flexibility index (Phi) is 3.86. The highest BCUT2D eigenvalue weighted by Crippen LogP contribution is 2.32. The second kappa shape index (κ2) is 6.17. The number of para-hydroxylation sites is 1. The molecule has 0 aliphatic carbocycles. The lowest BCUT2D eigenvalue weighted by molar-refractivity contribution is 0.171. The summed E-state index contributed by atoms with van der Waals surface area (Å²) < 4.78 is 13.2. The number of fused-ring (bicyclic) bond motifs is 2. The number of benzene rings is 2. The van der Waals surface area contributed by atoms with E-state index in [0.717, 1.165) is 29.3 Å². The summed E-state index contributed by atoms with van der Waals surface area (Å²) in [5, 5.41) is 9.39. The number of hydrogen-bond donors (Lipinski definition) is 1. The molecule has 124 valence electrons.